The van der Waals surface area contributed by atoms with Crippen molar-refractivity contribution in [2.24, 2.45) is 0 Å². The summed E-state index contributed by atoms with van der Waals surface area (Å²) in [5.74, 6) is 0.418. The van der Waals surface area contributed by atoms with Crippen molar-refractivity contribution >= 4 is 18.7 Å². The lowest BCUT2D eigenvalue weighted by Gasteiger charge is -2.43. The van der Waals surface area contributed by atoms with Gasteiger partial charge in [-0.25, -0.2) is 0 Å². The number of rotatable bonds is 7. The summed E-state index contributed by atoms with van der Waals surface area (Å²) in [5, 5.41) is 13.1. The van der Waals surface area contributed by atoms with Crippen molar-refractivity contribution in [3.8, 4) is 5.75 Å². The van der Waals surface area contributed by atoms with Gasteiger partial charge in [0, 0.05) is 6.61 Å². The number of aryl methyl sites for hydroxylation is 1. The lowest BCUT2D eigenvalue weighted by molar-refractivity contribution is 0.300. The van der Waals surface area contributed by atoms with E-state index < -0.39 is 8.32 Å². The smallest absolute Gasteiger partial charge is 0.261 e. The van der Waals surface area contributed by atoms with E-state index in [9.17, 15) is 5.11 Å². The van der Waals surface area contributed by atoms with E-state index in [0.29, 0.717) is 18.8 Å². The molecule has 0 aliphatic carbocycles. The van der Waals surface area contributed by atoms with Crippen molar-refractivity contribution in [3.05, 3.63) is 90.0 Å². The summed E-state index contributed by atoms with van der Waals surface area (Å²) in [5.41, 5.74) is 1.95. The molecule has 0 amide bonds. The molecule has 0 spiro atoms. The Labute approximate surface area is 176 Å². The molecule has 3 rings (SSSR count). The zero-order valence-electron chi connectivity index (χ0n) is 18.0. The molecular formula is C26H32O2Si. The number of phenolic OH excluding ortho intramolecular Hbond substituents is 1. The molecule has 0 heterocycles. The first-order valence-corrected chi connectivity index (χ1v) is 12.4. The van der Waals surface area contributed by atoms with E-state index in [1.807, 2.05) is 18.2 Å². The molecule has 0 saturated carbocycles. The molecule has 0 atom stereocenters. The van der Waals surface area contributed by atoms with Gasteiger partial charge in [-0.3, -0.25) is 0 Å². The molecule has 0 aliphatic rings. The predicted molar refractivity (Wildman–Crippen MR) is 125 cm³/mol. The first-order valence-electron chi connectivity index (χ1n) is 10.4. The van der Waals surface area contributed by atoms with E-state index in [4.69, 9.17) is 4.43 Å². The van der Waals surface area contributed by atoms with Gasteiger partial charge in [-0.05, 0) is 39.4 Å². The van der Waals surface area contributed by atoms with E-state index in [1.54, 1.807) is 0 Å². The molecule has 3 aromatic rings. The highest BCUT2D eigenvalue weighted by Gasteiger charge is 2.49. The minimum Gasteiger partial charge on any atom is -0.507 e. The van der Waals surface area contributed by atoms with Crippen molar-refractivity contribution in [1.82, 2.24) is 0 Å². The average Bonchev–Trinajstić information content (AvgIpc) is 2.73. The highest BCUT2D eigenvalue weighted by molar-refractivity contribution is 6.99. The number of aromatic hydroxyl groups is 1. The quantitative estimate of drug-likeness (QED) is 0.557. The summed E-state index contributed by atoms with van der Waals surface area (Å²) in [6.45, 7) is 9.50. The molecule has 0 aromatic heterocycles. The third kappa shape index (κ3) is 4.31. The fourth-order valence-corrected chi connectivity index (χ4v) is 8.77. The van der Waals surface area contributed by atoms with Gasteiger partial charge in [0.15, 0.2) is 0 Å². The van der Waals surface area contributed by atoms with Crippen LogP contribution in [0.15, 0.2) is 78.9 Å². The van der Waals surface area contributed by atoms with Crippen LogP contribution in [-0.4, -0.2) is 20.0 Å². The molecule has 152 valence electrons. The van der Waals surface area contributed by atoms with Gasteiger partial charge >= 0.3 is 0 Å². The summed E-state index contributed by atoms with van der Waals surface area (Å²) >= 11 is 0. The van der Waals surface area contributed by atoms with Gasteiger partial charge in [-0.2, -0.15) is 0 Å². The largest absolute Gasteiger partial charge is 0.507 e. The number of hydrogen-bond acceptors (Lipinski definition) is 2. The van der Waals surface area contributed by atoms with E-state index in [-0.39, 0.29) is 5.04 Å². The maximum Gasteiger partial charge on any atom is 0.261 e. The van der Waals surface area contributed by atoms with Gasteiger partial charge in [0.05, 0.1) is 0 Å². The molecule has 0 unspecified atom stereocenters. The molecule has 0 fully saturated rings. The molecule has 2 nitrogen and oxygen atoms in total. The SMILES string of the molecule is CCc1cccc(CCO[Si](c2ccccc2)(c2ccccc2)C(C)(C)C)c1O. The molecule has 1 N–H and O–H groups in total. The second-order valence-corrected chi connectivity index (χ2v) is 12.8. The maximum atomic E-state index is 10.6. The van der Waals surface area contributed by atoms with E-state index in [0.717, 1.165) is 17.5 Å². The van der Waals surface area contributed by atoms with Crippen LogP contribution in [-0.2, 0) is 17.3 Å². The third-order valence-corrected chi connectivity index (χ3v) is 10.7. The molecule has 0 radical (unpaired) electrons. The number of phenols is 1. The standard InChI is InChI=1S/C26H32O2Si/c1-5-21-13-12-14-22(25(21)27)19-20-28-29(26(2,3)4,23-15-8-6-9-16-23)24-17-10-7-11-18-24/h6-18,27H,5,19-20H2,1-4H3. The molecule has 0 bridgehead atoms. The van der Waals surface area contributed by atoms with Crippen LogP contribution < -0.4 is 10.4 Å². The van der Waals surface area contributed by atoms with Gasteiger partial charge in [-0.15, -0.1) is 0 Å². The predicted octanol–water partition coefficient (Wildman–Crippen LogP) is 5.07. The van der Waals surface area contributed by atoms with E-state index in [2.05, 4.69) is 88.4 Å². The van der Waals surface area contributed by atoms with Crippen molar-refractivity contribution in [2.45, 2.75) is 45.6 Å². The van der Waals surface area contributed by atoms with Crippen molar-refractivity contribution in [2.75, 3.05) is 6.61 Å². The topological polar surface area (TPSA) is 29.5 Å². The lowest BCUT2D eigenvalue weighted by atomic mass is 10.0. The zero-order chi connectivity index (χ0) is 20.9. The molecule has 3 heteroatoms. The summed E-state index contributed by atoms with van der Waals surface area (Å²) in [4.78, 5) is 0. The Morgan fingerprint density at radius 2 is 1.28 bits per heavy atom. The Morgan fingerprint density at radius 1 is 0.759 bits per heavy atom. The first-order chi connectivity index (χ1) is 13.9. The Hall–Kier alpha value is -2.36. The van der Waals surface area contributed by atoms with Crippen molar-refractivity contribution in [1.29, 1.82) is 0 Å². The van der Waals surface area contributed by atoms with Crippen LogP contribution in [0.25, 0.3) is 0 Å². The van der Waals surface area contributed by atoms with Crippen LogP contribution in [0.5, 0.6) is 5.75 Å². The average molecular weight is 405 g/mol. The van der Waals surface area contributed by atoms with Crippen LogP contribution in [0.1, 0.15) is 38.8 Å². The first kappa shape index (κ1) is 21.3. The van der Waals surface area contributed by atoms with Gasteiger partial charge in [-0.1, -0.05) is 107 Å². The van der Waals surface area contributed by atoms with Crippen LogP contribution >= 0.6 is 0 Å². The molecule has 0 saturated heterocycles. The summed E-state index contributed by atoms with van der Waals surface area (Å²) in [6.07, 6.45) is 1.53. The van der Waals surface area contributed by atoms with Gasteiger partial charge in [0.1, 0.15) is 5.75 Å². The van der Waals surface area contributed by atoms with Gasteiger partial charge in [0.2, 0.25) is 0 Å². The number of hydrogen-bond donors (Lipinski definition) is 1. The fraction of sp³-hybridized carbons (Fsp3) is 0.308. The zero-order valence-corrected chi connectivity index (χ0v) is 19.0. The molecular weight excluding hydrogens is 372 g/mol. The minimum absolute atomic E-state index is 0.0387. The summed E-state index contributed by atoms with van der Waals surface area (Å²) < 4.78 is 6.93. The summed E-state index contributed by atoms with van der Waals surface area (Å²) in [7, 11) is -2.52. The molecule has 29 heavy (non-hydrogen) atoms. The van der Waals surface area contributed by atoms with Gasteiger partial charge < -0.3 is 9.53 Å². The Kier molecular flexibility index (Phi) is 6.61. The molecule has 3 aromatic carbocycles. The fourth-order valence-electron chi connectivity index (χ4n) is 4.21. The van der Waals surface area contributed by atoms with Crippen LogP contribution in [0.4, 0.5) is 0 Å². The molecule has 0 aliphatic heterocycles. The highest BCUT2D eigenvalue weighted by Crippen LogP contribution is 2.37. The highest BCUT2D eigenvalue weighted by atomic mass is 28.4. The van der Waals surface area contributed by atoms with Crippen molar-refractivity contribution in [3.63, 3.8) is 0 Å². The maximum absolute atomic E-state index is 10.6. The Morgan fingerprint density at radius 3 is 1.76 bits per heavy atom. The lowest BCUT2D eigenvalue weighted by Crippen LogP contribution is -2.66. The second kappa shape index (κ2) is 8.98. The van der Waals surface area contributed by atoms with Crippen LogP contribution in [0, 0.1) is 0 Å². The summed E-state index contributed by atoms with van der Waals surface area (Å²) in [6, 6.07) is 27.4. The number of para-hydroxylation sites is 1. The monoisotopic (exact) mass is 404 g/mol. The minimum atomic E-state index is -2.52. The normalized spacial score (nSPS) is 12.1. The van der Waals surface area contributed by atoms with E-state index in [1.165, 1.54) is 10.4 Å². The van der Waals surface area contributed by atoms with E-state index >= 15 is 0 Å². The second-order valence-electron chi connectivity index (χ2n) is 8.54. The third-order valence-electron chi connectivity index (χ3n) is 5.69. The van der Waals surface area contributed by atoms with Crippen molar-refractivity contribution < 1.29 is 9.53 Å². The number of benzene rings is 3. The van der Waals surface area contributed by atoms with Crippen LogP contribution in [0.2, 0.25) is 5.04 Å². The van der Waals surface area contributed by atoms with Crippen LogP contribution in [0.3, 0.4) is 0 Å². The Bertz CT molecular complexity index is 875. The van der Waals surface area contributed by atoms with Gasteiger partial charge in [0.25, 0.3) is 8.32 Å². The Balaban J connectivity index is 1.98.